The third-order valence-electron chi connectivity index (χ3n) is 5.49. The van der Waals surface area contributed by atoms with Crippen LogP contribution in [-0.2, 0) is 11.2 Å². The molecular weight excluding hydrogens is 314 g/mol. The monoisotopic (exact) mass is 345 g/mol. The van der Waals surface area contributed by atoms with Crippen molar-refractivity contribution >= 4 is 11.6 Å². The number of fused-ring (bicyclic) bond motifs is 1. The summed E-state index contributed by atoms with van der Waals surface area (Å²) in [5.74, 6) is 0.240. The molecule has 138 valence electrons. The fourth-order valence-corrected chi connectivity index (χ4v) is 4.11. The second kappa shape index (κ2) is 8.30. The quantitative estimate of drug-likeness (QED) is 0.853. The third kappa shape index (κ3) is 4.40. The number of nitrogens with zero attached hydrogens (tertiary/aromatic N) is 3. The second-order valence-electron chi connectivity index (χ2n) is 7.38. The van der Waals surface area contributed by atoms with Gasteiger partial charge in [0.1, 0.15) is 0 Å². The van der Waals surface area contributed by atoms with Crippen molar-refractivity contribution in [2.24, 2.45) is 0 Å². The van der Waals surface area contributed by atoms with Crippen molar-refractivity contribution < 1.29 is 9.90 Å². The number of para-hydroxylation sites is 1. The Morgan fingerprint density at radius 1 is 1.28 bits per heavy atom. The predicted molar refractivity (Wildman–Crippen MR) is 101 cm³/mol. The van der Waals surface area contributed by atoms with Crippen LogP contribution in [0.15, 0.2) is 24.3 Å². The number of carbonyl (C=O) groups is 1. The maximum Gasteiger partial charge on any atom is 0.228 e. The molecule has 0 aliphatic carbocycles. The first-order valence-corrected chi connectivity index (χ1v) is 9.61. The number of benzene rings is 1. The van der Waals surface area contributed by atoms with E-state index in [-0.39, 0.29) is 12.0 Å². The molecule has 0 spiro atoms. The fourth-order valence-electron chi connectivity index (χ4n) is 4.11. The van der Waals surface area contributed by atoms with E-state index in [9.17, 15) is 9.90 Å². The van der Waals surface area contributed by atoms with Gasteiger partial charge >= 0.3 is 0 Å². The minimum absolute atomic E-state index is 0.240. The zero-order valence-corrected chi connectivity index (χ0v) is 15.5. The van der Waals surface area contributed by atoms with Crippen LogP contribution in [0.5, 0.6) is 0 Å². The molecule has 2 aliphatic heterocycles. The number of amides is 1. The number of hydrogen-bond acceptors (Lipinski definition) is 4. The number of aliphatic hydroxyl groups is 1. The van der Waals surface area contributed by atoms with E-state index in [2.05, 4.69) is 28.9 Å². The van der Waals surface area contributed by atoms with Gasteiger partial charge in [0.2, 0.25) is 5.91 Å². The lowest BCUT2D eigenvalue weighted by Crippen LogP contribution is -2.54. The summed E-state index contributed by atoms with van der Waals surface area (Å²) in [6.45, 7) is 9.40. The number of hydrogen-bond donors (Lipinski definition) is 1. The Morgan fingerprint density at radius 2 is 2.08 bits per heavy atom. The van der Waals surface area contributed by atoms with E-state index in [1.54, 1.807) is 0 Å². The minimum Gasteiger partial charge on any atom is -0.392 e. The molecule has 0 bridgehead atoms. The van der Waals surface area contributed by atoms with Crippen molar-refractivity contribution in [1.82, 2.24) is 9.80 Å². The molecule has 1 amide bonds. The van der Waals surface area contributed by atoms with E-state index in [1.165, 1.54) is 5.56 Å². The highest BCUT2D eigenvalue weighted by Gasteiger charge is 2.28. The molecule has 0 aromatic heterocycles. The van der Waals surface area contributed by atoms with Gasteiger partial charge in [-0.25, -0.2) is 0 Å². The molecule has 0 saturated carbocycles. The van der Waals surface area contributed by atoms with Gasteiger partial charge in [-0.05, 0) is 31.4 Å². The molecule has 0 unspecified atom stereocenters. The summed E-state index contributed by atoms with van der Waals surface area (Å²) in [5, 5.41) is 9.66. The van der Waals surface area contributed by atoms with E-state index in [4.69, 9.17) is 0 Å². The Kier molecular flexibility index (Phi) is 6.10. The lowest BCUT2D eigenvalue weighted by atomic mass is 10.1. The van der Waals surface area contributed by atoms with Gasteiger partial charge < -0.3 is 10.0 Å². The first-order valence-electron chi connectivity index (χ1n) is 9.61. The fraction of sp³-hybridized carbons (Fsp3) is 0.650. The van der Waals surface area contributed by atoms with Crippen LogP contribution in [0.3, 0.4) is 0 Å². The van der Waals surface area contributed by atoms with Crippen LogP contribution in [0, 0.1) is 0 Å². The topological polar surface area (TPSA) is 47.0 Å². The van der Waals surface area contributed by atoms with Crippen molar-refractivity contribution in [2.75, 3.05) is 44.2 Å². The average molecular weight is 345 g/mol. The van der Waals surface area contributed by atoms with Crippen molar-refractivity contribution in [2.45, 2.75) is 45.3 Å². The van der Waals surface area contributed by atoms with E-state index in [1.807, 2.05) is 24.0 Å². The largest absolute Gasteiger partial charge is 0.392 e. The summed E-state index contributed by atoms with van der Waals surface area (Å²) in [6.07, 6.45) is 2.35. The highest BCUT2D eigenvalue weighted by atomic mass is 16.3. The smallest absolute Gasteiger partial charge is 0.228 e. The number of β-amino-alcohol motifs (C(OH)–C–C–N with tert-alkyl or cyclic N) is 1. The Labute approximate surface area is 151 Å². The van der Waals surface area contributed by atoms with Crippen molar-refractivity contribution in [3.05, 3.63) is 29.8 Å². The molecule has 1 N–H and O–H groups in total. The molecule has 0 radical (unpaired) electrons. The maximum atomic E-state index is 12.7. The lowest BCUT2D eigenvalue weighted by molar-refractivity contribution is -0.119. The molecule has 1 aromatic carbocycles. The van der Waals surface area contributed by atoms with E-state index < -0.39 is 0 Å². The Bertz CT molecular complexity index is 590. The van der Waals surface area contributed by atoms with Gasteiger partial charge in [0.05, 0.1) is 6.10 Å². The van der Waals surface area contributed by atoms with Gasteiger partial charge in [0, 0.05) is 57.4 Å². The van der Waals surface area contributed by atoms with Crippen LogP contribution in [0.1, 0.15) is 32.3 Å². The summed E-state index contributed by atoms with van der Waals surface area (Å²) in [5.41, 5.74) is 2.38. The van der Waals surface area contributed by atoms with E-state index in [0.717, 1.165) is 57.8 Å². The first kappa shape index (κ1) is 18.4. The van der Waals surface area contributed by atoms with Crippen LogP contribution in [0.25, 0.3) is 0 Å². The Morgan fingerprint density at radius 3 is 2.84 bits per heavy atom. The summed E-state index contributed by atoms with van der Waals surface area (Å²) in [7, 11) is 0. The molecule has 1 aromatic rings. The molecule has 2 atom stereocenters. The molecule has 25 heavy (non-hydrogen) atoms. The molecule has 2 heterocycles. The Hall–Kier alpha value is -1.43. The highest BCUT2D eigenvalue weighted by Crippen LogP contribution is 2.28. The van der Waals surface area contributed by atoms with Gasteiger partial charge in [-0.3, -0.25) is 14.6 Å². The van der Waals surface area contributed by atoms with Gasteiger partial charge in [0.25, 0.3) is 0 Å². The van der Waals surface area contributed by atoms with Crippen LogP contribution >= 0.6 is 0 Å². The summed E-state index contributed by atoms with van der Waals surface area (Å²) in [4.78, 5) is 19.4. The molecule has 1 saturated heterocycles. The van der Waals surface area contributed by atoms with E-state index >= 15 is 0 Å². The van der Waals surface area contributed by atoms with Crippen LogP contribution in [0.4, 0.5) is 5.69 Å². The molecule has 5 heteroatoms. The zero-order valence-electron chi connectivity index (χ0n) is 15.5. The SMILES string of the molecule is CC[C@@H]1CN(CCC(=O)N2CCc3ccccc32)CCN1C[C@H](C)O. The number of rotatable bonds is 6. The maximum absolute atomic E-state index is 12.7. The van der Waals surface area contributed by atoms with Crippen LogP contribution < -0.4 is 4.90 Å². The first-order chi connectivity index (χ1) is 12.1. The number of anilines is 1. The second-order valence-corrected chi connectivity index (χ2v) is 7.38. The van der Waals surface area contributed by atoms with Crippen LogP contribution in [0.2, 0.25) is 0 Å². The summed E-state index contributed by atoms with van der Waals surface area (Å²) in [6, 6.07) is 8.71. The molecule has 2 aliphatic rings. The summed E-state index contributed by atoms with van der Waals surface area (Å²) >= 11 is 0. The standard InChI is InChI=1S/C20H31N3O2/c1-3-18-15-21(12-13-22(18)14-16(2)24)10-9-20(25)23-11-8-17-6-4-5-7-19(17)23/h4-7,16,18,24H,3,8-15H2,1-2H3/t16-,18+/m0/s1. The van der Waals surface area contributed by atoms with E-state index in [0.29, 0.717) is 12.5 Å². The molecular formula is C20H31N3O2. The summed E-state index contributed by atoms with van der Waals surface area (Å²) < 4.78 is 0. The molecule has 5 nitrogen and oxygen atoms in total. The van der Waals surface area contributed by atoms with Crippen molar-refractivity contribution in [3.8, 4) is 0 Å². The normalized spacial score (nSPS) is 22.8. The van der Waals surface area contributed by atoms with Gasteiger partial charge in [0.15, 0.2) is 0 Å². The predicted octanol–water partition coefficient (Wildman–Crippen LogP) is 1.74. The number of piperazine rings is 1. The van der Waals surface area contributed by atoms with Crippen molar-refractivity contribution in [3.63, 3.8) is 0 Å². The highest BCUT2D eigenvalue weighted by molar-refractivity contribution is 5.95. The van der Waals surface area contributed by atoms with Gasteiger partial charge in [-0.1, -0.05) is 25.1 Å². The molecule has 1 fully saturated rings. The van der Waals surface area contributed by atoms with Crippen LogP contribution in [-0.4, -0.2) is 72.2 Å². The Balaban J connectivity index is 1.50. The number of carbonyl (C=O) groups excluding carboxylic acids is 1. The van der Waals surface area contributed by atoms with Crippen molar-refractivity contribution in [1.29, 1.82) is 0 Å². The lowest BCUT2D eigenvalue weighted by Gasteiger charge is -2.41. The minimum atomic E-state index is -0.280. The average Bonchev–Trinajstić information content (AvgIpc) is 3.04. The zero-order chi connectivity index (χ0) is 17.8. The third-order valence-corrected chi connectivity index (χ3v) is 5.49. The molecule has 3 rings (SSSR count). The van der Waals surface area contributed by atoms with Gasteiger partial charge in [-0.2, -0.15) is 0 Å². The number of aliphatic hydroxyl groups excluding tert-OH is 1. The van der Waals surface area contributed by atoms with Gasteiger partial charge in [-0.15, -0.1) is 0 Å².